The van der Waals surface area contributed by atoms with E-state index in [1.54, 1.807) is 0 Å². The maximum Gasteiger partial charge on any atom is 0.315 e. The van der Waals surface area contributed by atoms with E-state index in [0.29, 0.717) is 18.2 Å². The smallest absolute Gasteiger partial charge is 0.315 e. The Morgan fingerprint density at radius 2 is 2.17 bits per heavy atom. The van der Waals surface area contributed by atoms with Gasteiger partial charge in [0.15, 0.2) is 5.82 Å². The number of hydrogen-bond acceptors (Lipinski definition) is 5. The van der Waals surface area contributed by atoms with Crippen molar-refractivity contribution < 1.29 is 14.4 Å². The third kappa shape index (κ3) is 4.67. The fourth-order valence-electron chi connectivity index (χ4n) is 2.58. The Balaban J connectivity index is 2.01. The number of amides is 2. The molecule has 2 unspecified atom stereocenters. The first-order valence-corrected chi connectivity index (χ1v) is 8.41. The average molecular weight is 324 g/mol. The lowest BCUT2D eigenvalue weighted by Gasteiger charge is -2.29. The van der Waals surface area contributed by atoms with Crippen molar-refractivity contribution in [2.24, 2.45) is 5.92 Å². The fraction of sp³-hybridized carbons (Fsp3) is 0.812. The normalized spacial score (nSPS) is 18.5. The highest BCUT2D eigenvalue weighted by atomic mass is 16.5. The van der Waals surface area contributed by atoms with Gasteiger partial charge in [0.2, 0.25) is 5.89 Å². The molecule has 7 heteroatoms. The summed E-state index contributed by atoms with van der Waals surface area (Å²) >= 11 is 0. The zero-order valence-electron chi connectivity index (χ0n) is 14.4. The van der Waals surface area contributed by atoms with Gasteiger partial charge in [-0.2, -0.15) is 4.98 Å². The Bertz CT molecular complexity index is 527. The van der Waals surface area contributed by atoms with Crippen molar-refractivity contribution >= 4 is 6.03 Å². The quantitative estimate of drug-likeness (QED) is 0.682. The molecule has 0 spiro atoms. The van der Waals surface area contributed by atoms with Crippen LogP contribution in [0.25, 0.3) is 0 Å². The lowest BCUT2D eigenvalue weighted by molar-refractivity contribution is 0.159. The van der Waals surface area contributed by atoms with E-state index < -0.39 is 5.54 Å². The Morgan fingerprint density at radius 3 is 2.70 bits per heavy atom. The average Bonchev–Trinajstić information content (AvgIpc) is 3.23. The predicted octanol–water partition coefficient (Wildman–Crippen LogP) is 2.49. The van der Waals surface area contributed by atoms with Gasteiger partial charge in [0, 0.05) is 5.92 Å². The zero-order valence-corrected chi connectivity index (χ0v) is 14.4. The van der Waals surface area contributed by atoms with Crippen molar-refractivity contribution in [3.63, 3.8) is 0 Å². The summed E-state index contributed by atoms with van der Waals surface area (Å²) < 4.78 is 5.34. The van der Waals surface area contributed by atoms with Crippen molar-refractivity contribution in [2.45, 2.75) is 70.9 Å². The molecule has 1 aromatic heterocycles. The molecular formula is C16H28N4O3. The Labute approximate surface area is 137 Å². The van der Waals surface area contributed by atoms with E-state index in [0.717, 1.165) is 25.1 Å². The predicted molar refractivity (Wildman–Crippen MR) is 85.9 cm³/mol. The number of aromatic nitrogens is 2. The van der Waals surface area contributed by atoms with Gasteiger partial charge in [-0.1, -0.05) is 32.3 Å². The van der Waals surface area contributed by atoms with Crippen LogP contribution in [0.4, 0.5) is 4.79 Å². The van der Waals surface area contributed by atoms with Gasteiger partial charge in [-0.05, 0) is 32.1 Å². The number of hydrogen-bond donors (Lipinski definition) is 3. The molecule has 0 saturated heterocycles. The van der Waals surface area contributed by atoms with Crippen LogP contribution in [0.15, 0.2) is 4.52 Å². The molecule has 0 radical (unpaired) electrons. The van der Waals surface area contributed by atoms with Crippen LogP contribution in [0.2, 0.25) is 0 Å². The summed E-state index contributed by atoms with van der Waals surface area (Å²) in [5, 5.41) is 19.3. The summed E-state index contributed by atoms with van der Waals surface area (Å²) in [6.07, 6.45) is 3.78. The highest BCUT2D eigenvalue weighted by molar-refractivity contribution is 5.75. The summed E-state index contributed by atoms with van der Waals surface area (Å²) in [5.41, 5.74) is -0.631. The number of nitrogens with zero attached hydrogens (tertiary/aromatic N) is 2. The van der Waals surface area contributed by atoms with Crippen LogP contribution in [0, 0.1) is 5.92 Å². The highest BCUT2D eigenvalue weighted by Crippen LogP contribution is 2.38. The number of nitrogens with one attached hydrogen (secondary N) is 2. The van der Waals surface area contributed by atoms with E-state index in [2.05, 4.69) is 20.8 Å². The van der Waals surface area contributed by atoms with Gasteiger partial charge in [0.05, 0.1) is 12.1 Å². The van der Waals surface area contributed by atoms with E-state index in [1.165, 1.54) is 0 Å². The summed E-state index contributed by atoms with van der Waals surface area (Å²) in [7, 11) is 0. The van der Waals surface area contributed by atoms with Gasteiger partial charge in [-0.15, -0.1) is 0 Å². The van der Waals surface area contributed by atoms with Gasteiger partial charge in [-0.25, -0.2) is 4.79 Å². The number of carbonyl (C=O) groups excluding carboxylic acids is 1. The molecule has 1 aromatic rings. The van der Waals surface area contributed by atoms with Gasteiger partial charge in [0.25, 0.3) is 0 Å². The molecule has 7 nitrogen and oxygen atoms in total. The summed E-state index contributed by atoms with van der Waals surface area (Å²) in [6, 6.07) is -0.681. The van der Waals surface area contributed by atoms with Crippen LogP contribution in [-0.4, -0.2) is 33.4 Å². The van der Waals surface area contributed by atoms with Crippen LogP contribution in [0.1, 0.15) is 77.1 Å². The van der Waals surface area contributed by atoms with Gasteiger partial charge in [-0.3, -0.25) is 0 Å². The van der Waals surface area contributed by atoms with Gasteiger partial charge in [0.1, 0.15) is 6.04 Å². The molecule has 130 valence electrons. The molecule has 0 aliphatic heterocycles. The number of urea groups is 1. The van der Waals surface area contributed by atoms with E-state index in [1.807, 2.05) is 27.7 Å². The number of carbonyl (C=O) groups is 1. The third-order valence-corrected chi connectivity index (χ3v) is 4.19. The Hall–Kier alpha value is -1.63. The maximum atomic E-state index is 12.3. The zero-order chi connectivity index (χ0) is 17.0. The second kappa shape index (κ2) is 7.29. The minimum absolute atomic E-state index is 0.104. The summed E-state index contributed by atoms with van der Waals surface area (Å²) in [4.78, 5) is 16.7. The van der Waals surface area contributed by atoms with Crippen LogP contribution in [0.3, 0.4) is 0 Å². The molecule has 0 bridgehead atoms. The van der Waals surface area contributed by atoms with E-state index in [-0.39, 0.29) is 24.6 Å². The second-order valence-corrected chi connectivity index (χ2v) is 7.05. The standard InChI is InChI=1S/C16H28N4O3/c1-5-8-16(4,9-21)19-15(22)17-12(10(2)3)14-18-13(20-23-14)11-6-7-11/h10-12,21H,5-9H2,1-4H3,(H2,17,19,22). The first kappa shape index (κ1) is 17.7. The molecule has 1 fully saturated rings. The second-order valence-electron chi connectivity index (χ2n) is 7.05. The van der Waals surface area contributed by atoms with E-state index in [4.69, 9.17) is 4.52 Å². The molecule has 1 aliphatic rings. The molecule has 1 saturated carbocycles. The van der Waals surface area contributed by atoms with Crippen molar-refractivity contribution in [3.05, 3.63) is 11.7 Å². The van der Waals surface area contributed by atoms with Crippen molar-refractivity contribution in [3.8, 4) is 0 Å². The maximum absolute atomic E-state index is 12.3. The molecule has 2 amide bonds. The van der Waals surface area contributed by atoms with Gasteiger partial charge >= 0.3 is 6.03 Å². The Kier molecular flexibility index (Phi) is 5.62. The summed E-state index contributed by atoms with van der Waals surface area (Å²) in [6.45, 7) is 7.72. The Morgan fingerprint density at radius 1 is 1.48 bits per heavy atom. The largest absolute Gasteiger partial charge is 0.394 e. The first-order valence-electron chi connectivity index (χ1n) is 8.41. The lowest BCUT2D eigenvalue weighted by atomic mass is 9.97. The monoisotopic (exact) mass is 324 g/mol. The van der Waals surface area contributed by atoms with Crippen molar-refractivity contribution in [2.75, 3.05) is 6.61 Å². The van der Waals surface area contributed by atoms with Crippen LogP contribution < -0.4 is 10.6 Å². The third-order valence-electron chi connectivity index (χ3n) is 4.19. The molecule has 0 aromatic carbocycles. The molecule has 23 heavy (non-hydrogen) atoms. The molecular weight excluding hydrogens is 296 g/mol. The molecule has 1 aliphatic carbocycles. The number of aliphatic hydroxyl groups excluding tert-OH is 1. The van der Waals surface area contributed by atoms with E-state index in [9.17, 15) is 9.90 Å². The van der Waals surface area contributed by atoms with Crippen molar-refractivity contribution in [1.29, 1.82) is 0 Å². The molecule has 2 atom stereocenters. The van der Waals surface area contributed by atoms with Crippen molar-refractivity contribution in [1.82, 2.24) is 20.8 Å². The molecule has 3 N–H and O–H groups in total. The number of aliphatic hydroxyl groups is 1. The molecule has 1 heterocycles. The lowest BCUT2D eigenvalue weighted by Crippen LogP contribution is -2.53. The van der Waals surface area contributed by atoms with Crippen LogP contribution in [-0.2, 0) is 0 Å². The first-order chi connectivity index (χ1) is 10.9. The summed E-state index contributed by atoms with van der Waals surface area (Å²) in [5.74, 6) is 1.70. The van der Waals surface area contributed by atoms with Gasteiger partial charge < -0.3 is 20.3 Å². The minimum atomic E-state index is -0.631. The fourth-order valence-corrected chi connectivity index (χ4v) is 2.58. The SMILES string of the molecule is CCCC(C)(CO)NC(=O)NC(c1nc(C2CC2)no1)C(C)C. The topological polar surface area (TPSA) is 100 Å². The minimum Gasteiger partial charge on any atom is -0.394 e. The molecule has 2 rings (SSSR count). The van der Waals surface area contributed by atoms with Crippen LogP contribution >= 0.6 is 0 Å². The van der Waals surface area contributed by atoms with Crippen LogP contribution in [0.5, 0.6) is 0 Å². The van der Waals surface area contributed by atoms with E-state index >= 15 is 0 Å². The number of rotatable bonds is 8. The highest BCUT2D eigenvalue weighted by Gasteiger charge is 2.32.